The minimum Gasteiger partial charge on any atom is -0.496 e. The van der Waals surface area contributed by atoms with Crippen molar-refractivity contribution in [2.45, 2.75) is 38.6 Å². The van der Waals surface area contributed by atoms with E-state index >= 15 is 0 Å². The molecule has 0 fully saturated rings. The molecule has 1 atom stereocenters. The lowest BCUT2D eigenvalue weighted by molar-refractivity contribution is -0.145. The number of fused-ring (bicyclic) bond motifs is 3. The van der Waals surface area contributed by atoms with E-state index in [1.807, 2.05) is 19.1 Å². The third kappa shape index (κ3) is 4.07. The van der Waals surface area contributed by atoms with Crippen LogP contribution in [0.15, 0.2) is 42.5 Å². The number of rotatable bonds is 7. The van der Waals surface area contributed by atoms with Crippen molar-refractivity contribution in [2.24, 2.45) is 0 Å². The number of hydrogen-bond donors (Lipinski definition) is 0. The Bertz CT molecular complexity index is 1140. The predicted octanol–water partition coefficient (Wildman–Crippen LogP) is 5.14. The van der Waals surface area contributed by atoms with Gasteiger partial charge in [0.25, 0.3) is 0 Å². The van der Waals surface area contributed by atoms with Crippen LogP contribution < -0.4 is 4.74 Å². The maximum Gasteiger partial charge on any atom is 0.338 e. The Hall–Kier alpha value is -2.99. The molecule has 168 valence electrons. The minimum absolute atomic E-state index is 0.182. The average Bonchev–Trinajstić information content (AvgIpc) is 3.15. The molecule has 1 aliphatic rings. The van der Waals surface area contributed by atoms with Crippen LogP contribution in [0.4, 0.5) is 0 Å². The molecule has 0 aliphatic heterocycles. The van der Waals surface area contributed by atoms with Crippen molar-refractivity contribution in [3.63, 3.8) is 0 Å². The second-order valence-electron chi connectivity index (χ2n) is 7.68. The van der Waals surface area contributed by atoms with E-state index in [0.717, 1.165) is 35.0 Å². The molecule has 0 saturated carbocycles. The van der Waals surface area contributed by atoms with Gasteiger partial charge in [0.2, 0.25) is 0 Å². The highest BCUT2D eigenvalue weighted by atomic mass is 35.5. The van der Waals surface area contributed by atoms with Crippen molar-refractivity contribution in [3.05, 3.63) is 64.3 Å². The molecule has 3 aromatic rings. The van der Waals surface area contributed by atoms with E-state index in [1.165, 1.54) is 0 Å². The van der Waals surface area contributed by atoms with Gasteiger partial charge in [0.05, 0.1) is 42.3 Å². The van der Waals surface area contributed by atoms with Crippen LogP contribution in [-0.4, -0.2) is 36.8 Å². The number of ether oxygens (including phenoxy) is 3. The van der Waals surface area contributed by atoms with Crippen LogP contribution in [0.2, 0.25) is 5.02 Å². The molecule has 1 unspecified atom stereocenters. The maximum atomic E-state index is 12.8. The first-order valence-corrected chi connectivity index (χ1v) is 11.2. The van der Waals surface area contributed by atoms with Crippen molar-refractivity contribution >= 4 is 34.4 Å². The van der Waals surface area contributed by atoms with E-state index in [2.05, 4.69) is 4.57 Å². The quantitative estimate of drug-likeness (QED) is 0.461. The average molecular weight is 456 g/mol. The van der Waals surface area contributed by atoms with Crippen LogP contribution in [0.5, 0.6) is 5.75 Å². The number of benzene rings is 2. The zero-order valence-corrected chi connectivity index (χ0v) is 19.0. The normalized spacial score (nSPS) is 15.3. The number of hydrogen-bond acceptors (Lipinski definition) is 5. The number of nitrogens with zero attached hydrogens (tertiary/aromatic N) is 1. The van der Waals surface area contributed by atoms with Gasteiger partial charge in [0, 0.05) is 11.1 Å². The van der Waals surface area contributed by atoms with Crippen LogP contribution in [0, 0.1) is 0 Å². The third-order valence-corrected chi connectivity index (χ3v) is 6.17. The molecule has 0 bridgehead atoms. The van der Waals surface area contributed by atoms with Gasteiger partial charge in [-0.2, -0.15) is 0 Å². The second kappa shape index (κ2) is 9.65. The number of aromatic nitrogens is 1. The number of halogens is 1. The zero-order chi connectivity index (χ0) is 22.7. The Balaban J connectivity index is 1.73. The molecule has 1 aliphatic carbocycles. The highest BCUT2D eigenvalue weighted by Gasteiger charge is 2.35. The Morgan fingerprint density at radius 2 is 1.91 bits per heavy atom. The van der Waals surface area contributed by atoms with E-state index in [-0.39, 0.29) is 24.5 Å². The molecule has 1 aromatic heterocycles. The van der Waals surface area contributed by atoms with E-state index in [0.29, 0.717) is 35.9 Å². The summed E-state index contributed by atoms with van der Waals surface area (Å²) in [6, 6.07) is 12.5. The third-order valence-electron chi connectivity index (χ3n) is 5.87. The summed E-state index contributed by atoms with van der Waals surface area (Å²) in [4.78, 5) is 25.2. The van der Waals surface area contributed by atoms with Gasteiger partial charge in [-0.15, -0.1) is 0 Å². The molecule has 0 saturated heterocycles. The first kappa shape index (κ1) is 22.2. The highest BCUT2D eigenvalue weighted by molar-refractivity contribution is 6.35. The SMILES string of the molecule is CCOC(=O)C1CCCc2c1c1c(OC)ccc(Cl)c1n2CCOC(=O)c1ccccc1. The van der Waals surface area contributed by atoms with Crippen LogP contribution in [0.1, 0.15) is 47.3 Å². The van der Waals surface area contributed by atoms with E-state index in [1.54, 1.807) is 37.4 Å². The molecule has 0 radical (unpaired) electrons. The molecule has 0 spiro atoms. The Labute approximate surface area is 192 Å². The molecule has 2 aromatic carbocycles. The fourth-order valence-electron chi connectivity index (χ4n) is 4.54. The smallest absolute Gasteiger partial charge is 0.338 e. The highest BCUT2D eigenvalue weighted by Crippen LogP contribution is 2.45. The van der Waals surface area contributed by atoms with Gasteiger partial charge >= 0.3 is 11.9 Å². The van der Waals surface area contributed by atoms with Crippen LogP contribution in [0.3, 0.4) is 0 Å². The predicted molar refractivity (Wildman–Crippen MR) is 123 cm³/mol. The van der Waals surface area contributed by atoms with Crippen LogP contribution in [-0.2, 0) is 27.2 Å². The molecule has 4 rings (SSSR count). The minimum atomic E-state index is -0.373. The number of esters is 2. The summed E-state index contributed by atoms with van der Waals surface area (Å²) < 4.78 is 18.6. The van der Waals surface area contributed by atoms with Gasteiger partial charge in [-0.05, 0) is 56.0 Å². The van der Waals surface area contributed by atoms with Gasteiger partial charge < -0.3 is 18.8 Å². The lowest BCUT2D eigenvalue weighted by Crippen LogP contribution is -2.22. The van der Waals surface area contributed by atoms with Gasteiger partial charge in [0.1, 0.15) is 12.4 Å². The summed E-state index contributed by atoms with van der Waals surface area (Å²) >= 11 is 6.64. The standard InChI is InChI=1S/C25H26ClNO5/c1-3-31-25(29)17-10-7-11-19-21(17)22-20(30-2)13-12-18(26)23(22)27(19)14-15-32-24(28)16-8-5-4-6-9-16/h4-6,8-9,12-13,17H,3,7,10-11,14-15H2,1-2H3. The molecule has 7 heteroatoms. The van der Waals surface area contributed by atoms with Gasteiger partial charge in [0.15, 0.2) is 0 Å². The topological polar surface area (TPSA) is 66.8 Å². The summed E-state index contributed by atoms with van der Waals surface area (Å²) in [6.45, 7) is 2.74. The molecule has 0 amide bonds. The summed E-state index contributed by atoms with van der Waals surface area (Å²) in [5.41, 5.74) is 3.24. The second-order valence-corrected chi connectivity index (χ2v) is 8.09. The lowest BCUT2D eigenvalue weighted by Gasteiger charge is -2.23. The fourth-order valence-corrected chi connectivity index (χ4v) is 4.80. The fraction of sp³-hybridized carbons (Fsp3) is 0.360. The van der Waals surface area contributed by atoms with Crippen molar-refractivity contribution in [1.29, 1.82) is 0 Å². The number of carbonyl (C=O) groups is 2. The lowest BCUT2D eigenvalue weighted by atomic mass is 9.85. The molecule has 0 N–H and O–H groups in total. The first-order valence-electron chi connectivity index (χ1n) is 10.8. The van der Waals surface area contributed by atoms with Gasteiger partial charge in [-0.1, -0.05) is 29.8 Å². The zero-order valence-electron chi connectivity index (χ0n) is 18.2. The summed E-state index contributed by atoms with van der Waals surface area (Å²) in [5, 5.41) is 1.40. The summed E-state index contributed by atoms with van der Waals surface area (Å²) in [6.07, 6.45) is 2.37. The first-order chi connectivity index (χ1) is 15.6. The summed E-state index contributed by atoms with van der Waals surface area (Å²) in [5.74, 6) is -0.312. The van der Waals surface area contributed by atoms with Crippen molar-refractivity contribution in [1.82, 2.24) is 4.57 Å². The van der Waals surface area contributed by atoms with Crippen molar-refractivity contribution < 1.29 is 23.8 Å². The number of methoxy groups -OCH3 is 1. The Morgan fingerprint density at radius 1 is 1.12 bits per heavy atom. The molecule has 6 nitrogen and oxygen atoms in total. The Morgan fingerprint density at radius 3 is 2.62 bits per heavy atom. The van der Waals surface area contributed by atoms with E-state index in [9.17, 15) is 9.59 Å². The van der Waals surface area contributed by atoms with Crippen LogP contribution in [0.25, 0.3) is 10.9 Å². The maximum absolute atomic E-state index is 12.8. The monoisotopic (exact) mass is 455 g/mol. The Kier molecular flexibility index (Phi) is 6.70. The van der Waals surface area contributed by atoms with Crippen LogP contribution >= 0.6 is 11.6 Å². The van der Waals surface area contributed by atoms with Gasteiger partial charge in [-0.3, -0.25) is 4.79 Å². The van der Waals surface area contributed by atoms with Gasteiger partial charge in [-0.25, -0.2) is 4.79 Å². The molecular formula is C25H26ClNO5. The molecular weight excluding hydrogens is 430 g/mol. The largest absolute Gasteiger partial charge is 0.496 e. The number of carbonyl (C=O) groups excluding carboxylic acids is 2. The summed E-state index contributed by atoms with van der Waals surface area (Å²) in [7, 11) is 1.61. The molecule has 1 heterocycles. The van der Waals surface area contributed by atoms with Crippen molar-refractivity contribution in [2.75, 3.05) is 20.3 Å². The molecule has 32 heavy (non-hydrogen) atoms. The van der Waals surface area contributed by atoms with Crippen molar-refractivity contribution in [3.8, 4) is 5.75 Å². The van der Waals surface area contributed by atoms with E-state index in [4.69, 9.17) is 25.8 Å². The van der Waals surface area contributed by atoms with E-state index < -0.39 is 0 Å².